The third-order valence-electron chi connectivity index (χ3n) is 5.14. The largest absolute Gasteiger partial charge is 0.369 e. The second-order valence-electron chi connectivity index (χ2n) is 6.74. The van der Waals surface area contributed by atoms with Crippen molar-refractivity contribution in [3.8, 4) is 11.1 Å². The normalized spacial score (nSPS) is 15.7. The van der Waals surface area contributed by atoms with Gasteiger partial charge in [-0.05, 0) is 54.7 Å². The van der Waals surface area contributed by atoms with Gasteiger partial charge in [0, 0.05) is 5.39 Å². The Hall–Kier alpha value is -2.73. The molecule has 2 heterocycles. The molecule has 3 N–H and O–H groups in total. The fourth-order valence-corrected chi connectivity index (χ4v) is 4.74. The lowest BCUT2D eigenvalue weighted by Gasteiger charge is -2.07. The first-order valence-electron chi connectivity index (χ1n) is 8.22. The molecule has 6 heteroatoms. The Bertz CT molecular complexity index is 1150. The molecular formula is C19H16N4OS. The molecule has 0 spiro atoms. The molecule has 0 saturated heterocycles. The van der Waals surface area contributed by atoms with Gasteiger partial charge in [0.1, 0.15) is 10.4 Å². The number of nitrogens with zero attached hydrogens (tertiary/aromatic N) is 2. The number of nitrogens with two attached hydrogens (primary N) is 1. The third kappa shape index (κ3) is 2.04. The number of fused-ring (bicyclic) bond motifs is 2. The van der Waals surface area contributed by atoms with E-state index in [9.17, 15) is 4.79 Å². The summed E-state index contributed by atoms with van der Waals surface area (Å²) in [6, 6.07) is 10.4. The molecular weight excluding hydrogens is 332 g/mol. The van der Waals surface area contributed by atoms with Gasteiger partial charge in [-0.15, -0.1) is 11.3 Å². The van der Waals surface area contributed by atoms with E-state index in [-0.39, 0.29) is 5.91 Å². The van der Waals surface area contributed by atoms with Crippen molar-refractivity contribution in [1.29, 1.82) is 0 Å². The van der Waals surface area contributed by atoms with Crippen LogP contribution in [0.1, 0.15) is 23.4 Å². The molecule has 0 unspecified atom stereocenters. The average molecular weight is 348 g/mol. The summed E-state index contributed by atoms with van der Waals surface area (Å²) in [6.07, 6.45) is 3.48. The molecule has 1 amide bonds. The van der Waals surface area contributed by atoms with E-state index in [1.54, 1.807) is 11.3 Å². The van der Waals surface area contributed by atoms with E-state index in [1.165, 1.54) is 11.1 Å². The Kier molecular flexibility index (Phi) is 2.86. The van der Waals surface area contributed by atoms with Crippen LogP contribution in [-0.2, 0) is 10.2 Å². The molecule has 4 aromatic rings. The van der Waals surface area contributed by atoms with Crippen LogP contribution >= 0.6 is 11.3 Å². The maximum absolute atomic E-state index is 11.8. The molecule has 5 nitrogen and oxygen atoms in total. The van der Waals surface area contributed by atoms with E-state index in [0.717, 1.165) is 44.5 Å². The Labute approximate surface area is 147 Å². The molecule has 0 aliphatic heterocycles. The summed E-state index contributed by atoms with van der Waals surface area (Å²) in [5, 5.41) is 9.16. The van der Waals surface area contributed by atoms with Gasteiger partial charge in [0.05, 0.1) is 21.9 Å². The SMILES string of the molecule is Cc1ccc2[nH]ncc2c1-c1ccc2nc(C3(C(N)=O)CC3)sc2c1. The fourth-order valence-electron chi connectivity index (χ4n) is 3.49. The van der Waals surface area contributed by atoms with Crippen LogP contribution in [0.4, 0.5) is 0 Å². The highest BCUT2D eigenvalue weighted by Crippen LogP contribution is 2.50. The van der Waals surface area contributed by atoms with Crippen molar-refractivity contribution in [3.63, 3.8) is 0 Å². The van der Waals surface area contributed by atoms with Gasteiger partial charge in [-0.2, -0.15) is 5.10 Å². The van der Waals surface area contributed by atoms with Gasteiger partial charge in [0.25, 0.3) is 0 Å². The van der Waals surface area contributed by atoms with Crippen molar-refractivity contribution in [2.24, 2.45) is 5.73 Å². The Balaban J connectivity index is 1.69. The topological polar surface area (TPSA) is 84.7 Å². The number of aromatic amines is 1. The lowest BCUT2D eigenvalue weighted by Crippen LogP contribution is -2.28. The highest BCUT2D eigenvalue weighted by atomic mass is 32.1. The predicted octanol–water partition coefficient (Wildman–Crippen LogP) is 3.66. The molecule has 0 bridgehead atoms. The molecule has 124 valence electrons. The van der Waals surface area contributed by atoms with Crippen LogP contribution in [0, 0.1) is 6.92 Å². The summed E-state index contributed by atoms with van der Waals surface area (Å²) >= 11 is 1.58. The number of carbonyl (C=O) groups is 1. The van der Waals surface area contributed by atoms with Crippen LogP contribution in [-0.4, -0.2) is 21.1 Å². The Morgan fingerprint density at radius 1 is 1.28 bits per heavy atom. The number of benzene rings is 2. The maximum Gasteiger partial charge on any atom is 0.230 e. The van der Waals surface area contributed by atoms with Crippen molar-refractivity contribution in [2.75, 3.05) is 0 Å². The molecule has 1 aliphatic rings. The smallest absolute Gasteiger partial charge is 0.230 e. The number of hydrogen-bond donors (Lipinski definition) is 2. The number of carbonyl (C=O) groups excluding carboxylic acids is 1. The number of nitrogens with one attached hydrogen (secondary N) is 1. The summed E-state index contributed by atoms with van der Waals surface area (Å²) in [6.45, 7) is 2.11. The molecule has 2 aromatic heterocycles. The van der Waals surface area contributed by atoms with Gasteiger partial charge in [-0.25, -0.2) is 4.98 Å². The van der Waals surface area contributed by atoms with Crippen LogP contribution in [0.2, 0.25) is 0 Å². The second kappa shape index (κ2) is 4.89. The lowest BCUT2D eigenvalue weighted by atomic mass is 9.97. The number of rotatable bonds is 3. The molecule has 5 rings (SSSR count). The molecule has 1 fully saturated rings. The molecule has 1 aliphatic carbocycles. The van der Waals surface area contributed by atoms with Gasteiger partial charge < -0.3 is 5.73 Å². The van der Waals surface area contributed by atoms with E-state index in [0.29, 0.717) is 0 Å². The van der Waals surface area contributed by atoms with Crippen LogP contribution in [0.5, 0.6) is 0 Å². The number of aryl methyl sites for hydroxylation is 1. The quantitative estimate of drug-likeness (QED) is 0.592. The zero-order valence-corrected chi connectivity index (χ0v) is 14.5. The van der Waals surface area contributed by atoms with Crippen LogP contribution in [0.3, 0.4) is 0 Å². The molecule has 1 saturated carbocycles. The van der Waals surface area contributed by atoms with E-state index < -0.39 is 5.41 Å². The minimum Gasteiger partial charge on any atom is -0.369 e. The monoisotopic (exact) mass is 348 g/mol. The minimum absolute atomic E-state index is 0.259. The van der Waals surface area contributed by atoms with Gasteiger partial charge in [-0.3, -0.25) is 9.89 Å². The summed E-state index contributed by atoms with van der Waals surface area (Å²) in [4.78, 5) is 16.5. The predicted molar refractivity (Wildman–Crippen MR) is 99.6 cm³/mol. The molecule has 25 heavy (non-hydrogen) atoms. The van der Waals surface area contributed by atoms with Gasteiger partial charge in [-0.1, -0.05) is 12.1 Å². The number of aromatic nitrogens is 3. The van der Waals surface area contributed by atoms with Crippen molar-refractivity contribution < 1.29 is 4.79 Å². The fraction of sp³-hybridized carbons (Fsp3) is 0.211. The van der Waals surface area contributed by atoms with Gasteiger partial charge in [0.15, 0.2) is 0 Å². The van der Waals surface area contributed by atoms with Gasteiger partial charge in [0.2, 0.25) is 5.91 Å². The average Bonchev–Trinajstić information content (AvgIpc) is 3.09. The van der Waals surface area contributed by atoms with Crippen molar-refractivity contribution in [2.45, 2.75) is 25.2 Å². The Morgan fingerprint density at radius 2 is 2.12 bits per heavy atom. The molecule has 0 radical (unpaired) electrons. The standard InChI is InChI=1S/C19H16N4OS/c1-10-2-4-13-12(9-21-23-13)16(10)11-3-5-14-15(8-11)25-18(22-14)19(6-7-19)17(20)24/h2-5,8-9H,6-7H2,1H3,(H2,20,24)(H,21,23). The maximum atomic E-state index is 11.8. The number of amides is 1. The van der Waals surface area contributed by atoms with E-state index in [2.05, 4.69) is 40.3 Å². The minimum atomic E-state index is -0.523. The number of thiazole rings is 1. The van der Waals surface area contributed by atoms with E-state index >= 15 is 0 Å². The summed E-state index contributed by atoms with van der Waals surface area (Å²) < 4.78 is 1.08. The van der Waals surface area contributed by atoms with Crippen molar-refractivity contribution in [3.05, 3.63) is 47.1 Å². The van der Waals surface area contributed by atoms with E-state index in [4.69, 9.17) is 5.73 Å². The summed E-state index contributed by atoms with van der Waals surface area (Å²) in [7, 11) is 0. The van der Waals surface area contributed by atoms with Crippen LogP contribution in [0.25, 0.3) is 32.2 Å². The first kappa shape index (κ1) is 14.6. The zero-order chi connectivity index (χ0) is 17.2. The summed E-state index contributed by atoms with van der Waals surface area (Å²) in [5.74, 6) is -0.259. The number of H-pyrrole nitrogens is 1. The highest BCUT2D eigenvalue weighted by molar-refractivity contribution is 7.18. The lowest BCUT2D eigenvalue weighted by molar-refractivity contribution is -0.120. The highest BCUT2D eigenvalue weighted by Gasteiger charge is 2.52. The molecule has 2 aromatic carbocycles. The van der Waals surface area contributed by atoms with Crippen LogP contribution < -0.4 is 5.73 Å². The second-order valence-corrected chi connectivity index (χ2v) is 7.77. The van der Waals surface area contributed by atoms with Gasteiger partial charge >= 0.3 is 0 Å². The van der Waals surface area contributed by atoms with Crippen molar-refractivity contribution >= 4 is 38.4 Å². The zero-order valence-electron chi connectivity index (χ0n) is 13.7. The number of hydrogen-bond acceptors (Lipinski definition) is 4. The van der Waals surface area contributed by atoms with Crippen molar-refractivity contribution in [1.82, 2.24) is 15.2 Å². The first-order chi connectivity index (χ1) is 12.1. The third-order valence-corrected chi connectivity index (χ3v) is 6.36. The molecule has 0 atom stereocenters. The first-order valence-corrected chi connectivity index (χ1v) is 9.04. The Morgan fingerprint density at radius 3 is 2.88 bits per heavy atom. The number of primary amides is 1. The summed E-state index contributed by atoms with van der Waals surface area (Å²) in [5.41, 5.74) is 10.5. The van der Waals surface area contributed by atoms with E-state index in [1.807, 2.05) is 18.3 Å². The van der Waals surface area contributed by atoms with Crippen LogP contribution in [0.15, 0.2) is 36.5 Å².